The fourth-order valence-electron chi connectivity index (χ4n) is 5.21. The Labute approximate surface area is 195 Å². The molecular formula is C28H31N3O2. The van der Waals surface area contributed by atoms with Crippen LogP contribution in [0.15, 0.2) is 78.9 Å². The number of rotatable bonds is 7. The third-order valence-electron chi connectivity index (χ3n) is 6.86. The maximum atomic E-state index is 12.7. The van der Waals surface area contributed by atoms with Crippen molar-refractivity contribution in [3.63, 3.8) is 0 Å². The van der Waals surface area contributed by atoms with E-state index in [0.29, 0.717) is 6.04 Å². The molecule has 5 nitrogen and oxygen atoms in total. The van der Waals surface area contributed by atoms with Crippen LogP contribution < -0.4 is 15.4 Å². The Bertz CT molecular complexity index is 1080. The van der Waals surface area contributed by atoms with E-state index in [1.165, 1.54) is 16.7 Å². The third-order valence-corrected chi connectivity index (χ3v) is 6.86. The third kappa shape index (κ3) is 4.95. The Hall–Kier alpha value is -3.15. The van der Waals surface area contributed by atoms with Crippen molar-refractivity contribution < 1.29 is 9.53 Å². The van der Waals surface area contributed by atoms with E-state index < -0.39 is 0 Å². The molecule has 1 heterocycles. The van der Waals surface area contributed by atoms with Crippen molar-refractivity contribution >= 4 is 5.91 Å². The van der Waals surface area contributed by atoms with Crippen LogP contribution >= 0.6 is 0 Å². The number of benzene rings is 3. The van der Waals surface area contributed by atoms with E-state index in [-0.39, 0.29) is 18.0 Å². The zero-order valence-electron chi connectivity index (χ0n) is 19.0. The smallest absolute Gasteiger partial charge is 0.237 e. The second-order valence-corrected chi connectivity index (χ2v) is 9.03. The molecule has 0 aromatic heterocycles. The lowest BCUT2D eigenvalue weighted by molar-refractivity contribution is -0.125. The van der Waals surface area contributed by atoms with Crippen LogP contribution in [0.2, 0.25) is 0 Å². The molecule has 170 valence electrons. The van der Waals surface area contributed by atoms with Crippen molar-refractivity contribution in [2.24, 2.45) is 0 Å². The van der Waals surface area contributed by atoms with Gasteiger partial charge in [-0.15, -0.1) is 0 Å². The van der Waals surface area contributed by atoms with Crippen LogP contribution in [0.5, 0.6) is 11.5 Å². The van der Waals surface area contributed by atoms with Crippen molar-refractivity contribution in [3.8, 4) is 11.5 Å². The van der Waals surface area contributed by atoms with Gasteiger partial charge in [0.1, 0.15) is 11.5 Å². The number of para-hydroxylation sites is 1. The molecule has 1 amide bonds. The summed E-state index contributed by atoms with van der Waals surface area (Å²) < 4.78 is 5.98. The normalized spacial score (nSPS) is 20.5. The van der Waals surface area contributed by atoms with E-state index in [1.54, 1.807) is 7.05 Å². The summed E-state index contributed by atoms with van der Waals surface area (Å²) in [5.41, 5.74) is 4.02. The molecule has 2 atom stereocenters. The predicted octanol–water partition coefficient (Wildman–Crippen LogP) is 3.92. The van der Waals surface area contributed by atoms with Gasteiger partial charge in [-0.25, -0.2) is 0 Å². The lowest BCUT2D eigenvalue weighted by atomic mass is 10.1. The lowest BCUT2D eigenvalue weighted by Crippen LogP contribution is -2.47. The number of ether oxygens (including phenoxy) is 1. The molecule has 33 heavy (non-hydrogen) atoms. The summed E-state index contributed by atoms with van der Waals surface area (Å²) >= 11 is 0. The second-order valence-electron chi connectivity index (χ2n) is 9.03. The molecule has 0 spiro atoms. The molecule has 0 unspecified atom stereocenters. The standard InChI is InChI=1S/C28H31N3O2/c1-29-28(32)27-17-23(19-31(27)24-15-21-9-5-6-10-22(21)16-24)30-18-20-8-7-13-26(14-20)33-25-11-3-2-4-12-25/h2-14,23-24,27,30H,15-19H2,1H3,(H,29,32)/t23-,27-/m0/s1. The minimum absolute atomic E-state index is 0.0837. The van der Waals surface area contributed by atoms with Crippen molar-refractivity contribution in [1.82, 2.24) is 15.5 Å². The highest BCUT2D eigenvalue weighted by atomic mass is 16.5. The van der Waals surface area contributed by atoms with Gasteiger partial charge in [-0.2, -0.15) is 0 Å². The number of nitrogens with zero attached hydrogens (tertiary/aromatic N) is 1. The van der Waals surface area contributed by atoms with Gasteiger partial charge in [-0.05, 0) is 60.2 Å². The largest absolute Gasteiger partial charge is 0.457 e. The molecule has 1 fully saturated rings. The van der Waals surface area contributed by atoms with Crippen molar-refractivity contribution in [2.45, 2.75) is 43.9 Å². The van der Waals surface area contributed by atoms with E-state index in [4.69, 9.17) is 4.74 Å². The van der Waals surface area contributed by atoms with E-state index >= 15 is 0 Å². The van der Waals surface area contributed by atoms with Gasteiger partial charge in [0.15, 0.2) is 0 Å². The van der Waals surface area contributed by atoms with Crippen LogP contribution in [0, 0.1) is 0 Å². The van der Waals surface area contributed by atoms with E-state index in [9.17, 15) is 4.79 Å². The number of carbonyl (C=O) groups excluding carboxylic acids is 1. The first kappa shape index (κ1) is 21.7. The molecule has 1 saturated heterocycles. The number of likely N-dealkylation sites (N-methyl/N-ethyl adjacent to an activating group) is 1. The lowest BCUT2D eigenvalue weighted by Gasteiger charge is -2.29. The zero-order chi connectivity index (χ0) is 22.6. The summed E-state index contributed by atoms with van der Waals surface area (Å²) in [4.78, 5) is 15.1. The van der Waals surface area contributed by atoms with Crippen LogP contribution in [0.4, 0.5) is 0 Å². The SMILES string of the molecule is CNC(=O)[C@@H]1C[C@H](NCc2cccc(Oc3ccccc3)c2)CN1C1Cc2ccccc2C1. The molecule has 3 aromatic rings. The topological polar surface area (TPSA) is 53.6 Å². The number of likely N-dealkylation sites (tertiary alicyclic amines) is 1. The molecule has 1 aliphatic heterocycles. The first-order valence-corrected chi connectivity index (χ1v) is 11.8. The van der Waals surface area contributed by atoms with Crippen LogP contribution in [-0.4, -0.2) is 42.5 Å². The van der Waals surface area contributed by atoms with Crippen molar-refractivity contribution in [3.05, 3.63) is 95.6 Å². The summed E-state index contributed by atoms with van der Waals surface area (Å²) in [7, 11) is 1.74. The number of hydrogen-bond donors (Lipinski definition) is 2. The minimum Gasteiger partial charge on any atom is -0.457 e. The summed E-state index contributed by atoms with van der Waals surface area (Å²) in [5, 5.41) is 6.58. The van der Waals surface area contributed by atoms with Crippen molar-refractivity contribution in [1.29, 1.82) is 0 Å². The molecule has 0 saturated carbocycles. The van der Waals surface area contributed by atoms with Crippen LogP contribution in [0.1, 0.15) is 23.1 Å². The number of nitrogens with one attached hydrogen (secondary N) is 2. The summed E-state index contributed by atoms with van der Waals surface area (Å²) in [6.45, 7) is 1.63. The Morgan fingerprint density at radius 3 is 2.36 bits per heavy atom. The van der Waals surface area contributed by atoms with E-state index in [0.717, 1.165) is 43.9 Å². The van der Waals surface area contributed by atoms with Gasteiger partial charge in [0.25, 0.3) is 0 Å². The zero-order valence-corrected chi connectivity index (χ0v) is 19.0. The number of hydrogen-bond acceptors (Lipinski definition) is 4. The molecule has 1 aliphatic carbocycles. The highest BCUT2D eigenvalue weighted by Crippen LogP contribution is 2.31. The summed E-state index contributed by atoms with van der Waals surface area (Å²) in [6.07, 6.45) is 2.87. The fourth-order valence-corrected chi connectivity index (χ4v) is 5.21. The Kier molecular flexibility index (Phi) is 6.42. The molecule has 2 N–H and O–H groups in total. The highest BCUT2D eigenvalue weighted by molar-refractivity contribution is 5.82. The molecule has 5 heteroatoms. The van der Waals surface area contributed by atoms with Gasteiger partial charge in [0.2, 0.25) is 5.91 Å². The molecule has 0 bridgehead atoms. The molecule has 2 aliphatic rings. The average molecular weight is 442 g/mol. The van der Waals surface area contributed by atoms with Gasteiger partial charge in [0.05, 0.1) is 6.04 Å². The van der Waals surface area contributed by atoms with Gasteiger partial charge >= 0.3 is 0 Å². The predicted molar refractivity (Wildman–Crippen MR) is 130 cm³/mol. The molecule has 5 rings (SSSR count). The van der Waals surface area contributed by atoms with Gasteiger partial charge < -0.3 is 15.4 Å². The number of fused-ring (bicyclic) bond motifs is 1. The average Bonchev–Trinajstić information content (AvgIpc) is 3.47. The Morgan fingerprint density at radius 1 is 0.939 bits per heavy atom. The quantitative estimate of drug-likeness (QED) is 0.584. The molecular weight excluding hydrogens is 410 g/mol. The second kappa shape index (κ2) is 9.77. The first-order valence-electron chi connectivity index (χ1n) is 11.8. The van der Waals surface area contributed by atoms with Crippen molar-refractivity contribution in [2.75, 3.05) is 13.6 Å². The highest BCUT2D eigenvalue weighted by Gasteiger charge is 2.41. The van der Waals surface area contributed by atoms with Crippen LogP contribution in [-0.2, 0) is 24.2 Å². The Balaban J connectivity index is 1.22. The first-order chi connectivity index (χ1) is 16.2. The van der Waals surface area contributed by atoms with E-state index in [1.807, 2.05) is 42.5 Å². The van der Waals surface area contributed by atoms with Gasteiger partial charge in [0, 0.05) is 32.2 Å². The summed E-state index contributed by atoms with van der Waals surface area (Å²) in [6, 6.07) is 27.3. The summed E-state index contributed by atoms with van der Waals surface area (Å²) in [5.74, 6) is 1.79. The maximum Gasteiger partial charge on any atom is 0.237 e. The number of amides is 1. The van der Waals surface area contributed by atoms with Crippen LogP contribution in [0.25, 0.3) is 0 Å². The van der Waals surface area contributed by atoms with E-state index in [2.05, 4.69) is 51.9 Å². The molecule has 3 aromatic carbocycles. The minimum atomic E-state index is -0.0837. The Morgan fingerprint density at radius 2 is 1.64 bits per heavy atom. The fraction of sp³-hybridized carbons (Fsp3) is 0.321. The van der Waals surface area contributed by atoms with Crippen LogP contribution in [0.3, 0.4) is 0 Å². The maximum absolute atomic E-state index is 12.7. The molecule has 0 radical (unpaired) electrons. The van der Waals surface area contributed by atoms with Gasteiger partial charge in [-0.3, -0.25) is 9.69 Å². The monoisotopic (exact) mass is 441 g/mol. The number of carbonyl (C=O) groups is 1. The van der Waals surface area contributed by atoms with Gasteiger partial charge in [-0.1, -0.05) is 54.6 Å².